The molecular formula is C19H28F3N3O4. The van der Waals surface area contributed by atoms with Crippen molar-refractivity contribution in [2.75, 3.05) is 13.1 Å². The normalized spacial score (nSPS) is 26.6. The molecule has 1 heterocycles. The van der Waals surface area contributed by atoms with Gasteiger partial charge in [-0.25, -0.2) is 0 Å². The minimum atomic E-state index is -5.09. The number of β-amino-alcohol motifs (C(OH)–C–C–N with tert-alkyl or cyclic N) is 1. The van der Waals surface area contributed by atoms with Crippen LogP contribution in [0.2, 0.25) is 0 Å². The largest absolute Gasteiger partial charge is 0.471 e. The van der Waals surface area contributed by atoms with E-state index in [0.717, 1.165) is 30.6 Å². The second-order valence-electron chi connectivity index (χ2n) is 7.57. The van der Waals surface area contributed by atoms with Crippen molar-refractivity contribution in [3.05, 3.63) is 12.2 Å². The zero-order chi connectivity index (χ0) is 21.6. The molecule has 4 atom stereocenters. The van der Waals surface area contributed by atoms with E-state index in [1.807, 2.05) is 0 Å². The number of likely N-dealkylation sites (tertiary alicyclic amines) is 1. The van der Waals surface area contributed by atoms with E-state index in [1.165, 1.54) is 11.7 Å². The predicted molar refractivity (Wildman–Crippen MR) is 98.5 cm³/mol. The maximum Gasteiger partial charge on any atom is 0.471 e. The fourth-order valence-electron chi connectivity index (χ4n) is 3.35. The molecular weight excluding hydrogens is 391 g/mol. The average Bonchev–Trinajstić information content (AvgIpc) is 3.25. The number of halogens is 3. The Bertz CT molecular complexity index is 639. The SMILES string of the molecule is CCCCC/C=C\[C@@H]1C[C@H]1NC(=O)[C@@H]1C[C@@H](O)CN1C(=O)CNC(=O)C(F)(F)F. The molecule has 0 radical (unpaired) electrons. The molecule has 1 saturated heterocycles. The molecule has 0 bridgehead atoms. The molecule has 3 N–H and O–H groups in total. The van der Waals surface area contributed by atoms with Crippen LogP contribution in [0.1, 0.15) is 45.4 Å². The summed E-state index contributed by atoms with van der Waals surface area (Å²) in [5.41, 5.74) is 0. The van der Waals surface area contributed by atoms with E-state index < -0.39 is 42.6 Å². The molecule has 0 aromatic heterocycles. The first-order valence-corrected chi connectivity index (χ1v) is 9.93. The summed E-state index contributed by atoms with van der Waals surface area (Å²) in [6, 6.07) is -1.00. The third-order valence-electron chi connectivity index (χ3n) is 5.08. The standard InChI is InChI=1S/C19H28F3N3O4/c1-2-3-4-5-6-7-12-8-14(12)24-17(28)15-9-13(26)11-25(15)16(27)10-23-18(29)19(20,21)22/h6-7,12-15,26H,2-5,8-11H2,1H3,(H,23,29)(H,24,28)/b7-6-/t12-,13-,14-,15+/m1/s1. The number of allylic oxidation sites excluding steroid dienone is 1. The third-order valence-corrected chi connectivity index (χ3v) is 5.08. The summed E-state index contributed by atoms with van der Waals surface area (Å²) < 4.78 is 36.7. The molecule has 0 aromatic rings. The van der Waals surface area contributed by atoms with E-state index in [2.05, 4.69) is 24.4 Å². The number of unbranched alkanes of at least 4 members (excludes halogenated alkanes) is 3. The number of nitrogens with one attached hydrogen (secondary N) is 2. The van der Waals surface area contributed by atoms with Gasteiger partial charge in [0.1, 0.15) is 6.04 Å². The number of alkyl halides is 3. The predicted octanol–water partition coefficient (Wildman–Crippen LogP) is 1.27. The number of aliphatic hydroxyl groups excluding tert-OH is 1. The number of aliphatic hydroxyl groups is 1. The van der Waals surface area contributed by atoms with Crippen molar-refractivity contribution >= 4 is 17.7 Å². The van der Waals surface area contributed by atoms with Gasteiger partial charge in [0.05, 0.1) is 12.6 Å². The van der Waals surface area contributed by atoms with E-state index in [0.29, 0.717) is 0 Å². The van der Waals surface area contributed by atoms with Gasteiger partial charge in [-0.2, -0.15) is 13.2 Å². The first kappa shape index (κ1) is 23.2. The van der Waals surface area contributed by atoms with Crippen molar-refractivity contribution in [2.45, 2.75) is 69.8 Å². The molecule has 164 valence electrons. The highest BCUT2D eigenvalue weighted by molar-refractivity contribution is 5.91. The van der Waals surface area contributed by atoms with Gasteiger partial charge in [-0.1, -0.05) is 31.9 Å². The molecule has 1 saturated carbocycles. The van der Waals surface area contributed by atoms with E-state index in [1.54, 1.807) is 0 Å². The molecule has 10 heteroatoms. The molecule has 0 aromatic carbocycles. The number of carbonyl (C=O) groups is 3. The summed E-state index contributed by atoms with van der Waals surface area (Å²) in [6.45, 7) is 1.08. The lowest BCUT2D eigenvalue weighted by atomic mass is 10.1. The quantitative estimate of drug-likeness (QED) is 0.387. The smallest absolute Gasteiger partial charge is 0.391 e. The number of carbonyl (C=O) groups excluding carboxylic acids is 3. The van der Waals surface area contributed by atoms with E-state index in [4.69, 9.17) is 0 Å². The van der Waals surface area contributed by atoms with Gasteiger partial charge in [0, 0.05) is 19.0 Å². The van der Waals surface area contributed by atoms with Crippen molar-refractivity contribution in [3.63, 3.8) is 0 Å². The van der Waals surface area contributed by atoms with Crippen LogP contribution >= 0.6 is 0 Å². The van der Waals surface area contributed by atoms with Crippen LogP contribution in [0.5, 0.6) is 0 Å². The molecule has 2 rings (SSSR count). The molecule has 0 spiro atoms. The van der Waals surface area contributed by atoms with Crippen LogP contribution in [-0.2, 0) is 14.4 Å². The number of rotatable bonds is 9. The number of amides is 3. The Labute approximate surface area is 167 Å². The molecule has 0 unspecified atom stereocenters. The monoisotopic (exact) mass is 419 g/mol. The zero-order valence-corrected chi connectivity index (χ0v) is 16.4. The first-order chi connectivity index (χ1) is 13.6. The molecule has 3 amide bonds. The Hall–Kier alpha value is -2.10. The van der Waals surface area contributed by atoms with Gasteiger partial charge in [0.2, 0.25) is 11.8 Å². The van der Waals surface area contributed by atoms with E-state index in [-0.39, 0.29) is 24.9 Å². The first-order valence-electron chi connectivity index (χ1n) is 9.93. The van der Waals surface area contributed by atoms with Crippen LogP contribution in [-0.4, -0.2) is 65.2 Å². The van der Waals surface area contributed by atoms with Crippen molar-refractivity contribution < 1.29 is 32.7 Å². The fourth-order valence-corrected chi connectivity index (χ4v) is 3.35. The van der Waals surface area contributed by atoms with Crippen molar-refractivity contribution in [1.82, 2.24) is 15.5 Å². The van der Waals surface area contributed by atoms with Crippen molar-refractivity contribution in [1.29, 1.82) is 0 Å². The summed E-state index contributed by atoms with van der Waals surface area (Å²) in [7, 11) is 0. The number of hydrogen-bond acceptors (Lipinski definition) is 4. The van der Waals surface area contributed by atoms with E-state index >= 15 is 0 Å². The topological polar surface area (TPSA) is 98.7 Å². The van der Waals surface area contributed by atoms with Crippen LogP contribution in [0.3, 0.4) is 0 Å². The number of nitrogens with zero attached hydrogens (tertiary/aromatic N) is 1. The van der Waals surface area contributed by atoms with Crippen LogP contribution in [0.25, 0.3) is 0 Å². The highest BCUT2D eigenvalue weighted by Gasteiger charge is 2.44. The van der Waals surface area contributed by atoms with Gasteiger partial charge in [-0.05, 0) is 25.2 Å². The highest BCUT2D eigenvalue weighted by Crippen LogP contribution is 2.32. The number of hydrogen-bond donors (Lipinski definition) is 3. The minimum absolute atomic E-state index is 0.00896. The average molecular weight is 419 g/mol. The summed E-state index contributed by atoms with van der Waals surface area (Å²) in [4.78, 5) is 36.6. The highest BCUT2D eigenvalue weighted by atomic mass is 19.4. The van der Waals surface area contributed by atoms with Crippen LogP contribution in [0.4, 0.5) is 13.2 Å². The van der Waals surface area contributed by atoms with Crippen molar-refractivity contribution in [2.24, 2.45) is 5.92 Å². The third kappa shape index (κ3) is 7.02. The van der Waals surface area contributed by atoms with Gasteiger partial charge in [0.25, 0.3) is 0 Å². The molecule has 2 fully saturated rings. The minimum Gasteiger partial charge on any atom is -0.391 e. The maximum atomic E-state index is 12.5. The Morgan fingerprint density at radius 3 is 2.59 bits per heavy atom. The Morgan fingerprint density at radius 1 is 1.21 bits per heavy atom. The van der Waals surface area contributed by atoms with Crippen molar-refractivity contribution in [3.8, 4) is 0 Å². The molecule has 2 aliphatic rings. The maximum absolute atomic E-state index is 12.5. The van der Waals surface area contributed by atoms with Crippen LogP contribution < -0.4 is 10.6 Å². The lowest BCUT2D eigenvalue weighted by molar-refractivity contribution is -0.174. The summed E-state index contributed by atoms with van der Waals surface area (Å²) in [5.74, 6) is -3.27. The second-order valence-corrected chi connectivity index (χ2v) is 7.57. The Morgan fingerprint density at radius 2 is 1.93 bits per heavy atom. The van der Waals surface area contributed by atoms with E-state index in [9.17, 15) is 32.7 Å². The second kappa shape index (κ2) is 10.1. The van der Waals surface area contributed by atoms with Crippen LogP contribution in [0.15, 0.2) is 12.2 Å². The molecule has 1 aliphatic heterocycles. The summed E-state index contributed by atoms with van der Waals surface area (Å²) in [6.07, 6.45) is 3.38. The Balaban J connectivity index is 1.81. The van der Waals surface area contributed by atoms with Gasteiger partial charge in [-0.3, -0.25) is 14.4 Å². The van der Waals surface area contributed by atoms with Gasteiger partial charge in [-0.15, -0.1) is 0 Å². The lowest BCUT2D eigenvalue weighted by Crippen LogP contribution is -2.50. The van der Waals surface area contributed by atoms with Gasteiger partial charge in [0.15, 0.2) is 0 Å². The fraction of sp³-hybridized carbons (Fsp3) is 0.737. The van der Waals surface area contributed by atoms with Gasteiger partial charge < -0.3 is 20.6 Å². The lowest BCUT2D eigenvalue weighted by Gasteiger charge is -2.24. The molecule has 7 nitrogen and oxygen atoms in total. The zero-order valence-electron chi connectivity index (χ0n) is 16.4. The Kier molecular flexibility index (Phi) is 8.06. The van der Waals surface area contributed by atoms with Crippen LogP contribution in [0, 0.1) is 5.92 Å². The molecule has 29 heavy (non-hydrogen) atoms. The summed E-state index contributed by atoms with van der Waals surface area (Å²) >= 11 is 0. The van der Waals surface area contributed by atoms with Gasteiger partial charge >= 0.3 is 12.1 Å². The summed E-state index contributed by atoms with van der Waals surface area (Å²) in [5, 5.41) is 14.1. The molecule has 1 aliphatic carbocycles.